The molecule has 84 valence electrons. The van der Waals surface area contributed by atoms with E-state index < -0.39 is 0 Å². The Morgan fingerprint density at radius 2 is 1.41 bits per heavy atom. The number of hydrogen-bond donors (Lipinski definition) is 0. The predicted molar refractivity (Wildman–Crippen MR) is 78.7 cm³/mol. The monoisotopic (exact) mass is 349 g/mol. The average Bonchev–Trinajstić information content (AvgIpc) is 2.64. The molecule has 3 aromatic rings. The highest BCUT2D eigenvalue weighted by atomic mass is 79.9. The number of hydrogen-bond acceptors (Lipinski definition) is 0. The topological polar surface area (TPSA) is 4.93 Å². The summed E-state index contributed by atoms with van der Waals surface area (Å²) in [5, 5.41) is 1.21. The van der Waals surface area contributed by atoms with Gasteiger partial charge in [-0.1, -0.05) is 36.4 Å². The first-order chi connectivity index (χ1) is 8.29. The number of halogens is 2. The molecule has 3 heteroatoms. The molecule has 0 bridgehead atoms. The summed E-state index contributed by atoms with van der Waals surface area (Å²) in [6, 6.07) is 18.7. The molecule has 0 saturated carbocycles. The summed E-state index contributed by atoms with van der Waals surface area (Å²) in [5.41, 5.74) is 2.35. The van der Waals surface area contributed by atoms with Crippen molar-refractivity contribution in [3.05, 3.63) is 63.7 Å². The van der Waals surface area contributed by atoms with E-state index in [4.69, 9.17) is 0 Å². The minimum Gasteiger partial charge on any atom is -0.303 e. The minimum atomic E-state index is 1.05. The lowest BCUT2D eigenvalue weighted by molar-refractivity contribution is 1.09. The summed E-state index contributed by atoms with van der Waals surface area (Å²) in [6.45, 7) is 0. The Hall–Kier alpha value is -1.06. The zero-order valence-corrected chi connectivity index (χ0v) is 12.1. The molecule has 0 spiro atoms. The Morgan fingerprint density at radius 1 is 0.765 bits per heavy atom. The van der Waals surface area contributed by atoms with Crippen molar-refractivity contribution in [3.63, 3.8) is 0 Å². The van der Waals surface area contributed by atoms with Crippen molar-refractivity contribution in [2.45, 2.75) is 0 Å². The zero-order valence-electron chi connectivity index (χ0n) is 8.90. The maximum absolute atomic E-state index is 3.65. The number of fused-ring (bicyclic) bond motifs is 1. The molecule has 0 unspecified atom stereocenters. The van der Waals surface area contributed by atoms with E-state index in [2.05, 4.69) is 72.8 Å². The zero-order chi connectivity index (χ0) is 11.8. The van der Waals surface area contributed by atoms with Gasteiger partial charge in [-0.25, -0.2) is 0 Å². The van der Waals surface area contributed by atoms with E-state index in [1.807, 2.05) is 18.2 Å². The molecule has 2 aromatic carbocycles. The van der Waals surface area contributed by atoms with Gasteiger partial charge in [-0.2, -0.15) is 0 Å². The van der Waals surface area contributed by atoms with Crippen molar-refractivity contribution >= 4 is 42.8 Å². The number of para-hydroxylation sites is 2. The van der Waals surface area contributed by atoms with Crippen LogP contribution in [0.15, 0.2) is 63.7 Å². The second kappa shape index (κ2) is 4.31. The normalized spacial score (nSPS) is 10.9. The van der Waals surface area contributed by atoms with Crippen molar-refractivity contribution in [3.8, 4) is 5.69 Å². The second-order valence-electron chi connectivity index (χ2n) is 3.79. The van der Waals surface area contributed by atoms with Crippen molar-refractivity contribution in [1.82, 2.24) is 4.57 Å². The molecular weight excluding hydrogens is 342 g/mol. The third-order valence-electron chi connectivity index (χ3n) is 2.77. The molecule has 0 fully saturated rings. The van der Waals surface area contributed by atoms with Gasteiger partial charge in [0.2, 0.25) is 0 Å². The molecule has 0 aliphatic carbocycles. The van der Waals surface area contributed by atoms with Crippen molar-refractivity contribution in [1.29, 1.82) is 0 Å². The molecule has 1 nitrogen and oxygen atoms in total. The van der Waals surface area contributed by atoms with Crippen LogP contribution in [0.25, 0.3) is 16.6 Å². The van der Waals surface area contributed by atoms with Gasteiger partial charge in [0.05, 0.1) is 9.99 Å². The summed E-state index contributed by atoms with van der Waals surface area (Å²) in [6.07, 6.45) is 0. The van der Waals surface area contributed by atoms with Crippen LogP contribution in [0.1, 0.15) is 0 Å². The Balaban J connectivity index is 2.41. The van der Waals surface area contributed by atoms with E-state index >= 15 is 0 Å². The van der Waals surface area contributed by atoms with Gasteiger partial charge in [0.25, 0.3) is 0 Å². The average molecular weight is 351 g/mol. The quantitative estimate of drug-likeness (QED) is 0.571. The van der Waals surface area contributed by atoms with Crippen molar-refractivity contribution < 1.29 is 0 Å². The summed E-state index contributed by atoms with van der Waals surface area (Å²) in [5.74, 6) is 0. The largest absolute Gasteiger partial charge is 0.303 e. The van der Waals surface area contributed by atoms with Gasteiger partial charge in [-0.05, 0) is 50.1 Å². The summed E-state index contributed by atoms with van der Waals surface area (Å²) in [4.78, 5) is 0. The maximum atomic E-state index is 3.65. The number of rotatable bonds is 1. The fourth-order valence-corrected chi connectivity index (χ4v) is 3.12. The van der Waals surface area contributed by atoms with Gasteiger partial charge in [0, 0.05) is 11.1 Å². The van der Waals surface area contributed by atoms with E-state index in [1.165, 1.54) is 10.9 Å². The van der Waals surface area contributed by atoms with Gasteiger partial charge in [-0.15, -0.1) is 0 Å². The highest BCUT2D eigenvalue weighted by molar-refractivity contribution is 9.13. The molecule has 0 aliphatic rings. The maximum Gasteiger partial charge on any atom is 0.105 e. The van der Waals surface area contributed by atoms with E-state index in [0.717, 1.165) is 14.8 Å². The Morgan fingerprint density at radius 3 is 2.18 bits per heavy atom. The molecular formula is C14H9Br2N. The number of benzene rings is 2. The number of aromatic nitrogens is 1. The van der Waals surface area contributed by atoms with Gasteiger partial charge < -0.3 is 4.57 Å². The molecule has 0 radical (unpaired) electrons. The lowest BCUT2D eigenvalue weighted by Gasteiger charge is -2.06. The molecule has 0 aliphatic heterocycles. The lowest BCUT2D eigenvalue weighted by Crippen LogP contribution is -1.92. The molecule has 3 rings (SSSR count). The smallest absolute Gasteiger partial charge is 0.105 e. The molecule has 1 heterocycles. The van der Waals surface area contributed by atoms with Crippen LogP contribution in [0.5, 0.6) is 0 Å². The summed E-state index contributed by atoms with van der Waals surface area (Å²) >= 11 is 7.28. The molecule has 0 amide bonds. The lowest BCUT2D eigenvalue weighted by atomic mass is 10.2. The molecule has 0 N–H and O–H groups in total. The van der Waals surface area contributed by atoms with Gasteiger partial charge in [0.15, 0.2) is 0 Å². The molecule has 1 aromatic heterocycles. The van der Waals surface area contributed by atoms with Crippen LogP contribution in [0, 0.1) is 0 Å². The van der Waals surface area contributed by atoms with Crippen LogP contribution in [-0.2, 0) is 0 Å². The van der Waals surface area contributed by atoms with E-state index in [1.54, 1.807) is 0 Å². The minimum absolute atomic E-state index is 1.05. The third kappa shape index (κ3) is 1.74. The SMILES string of the molecule is Brc1c(Br)n(-c2ccccc2)c2ccccc12. The van der Waals surface area contributed by atoms with Gasteiger partial charge in [-0.3, -0.25) is 0 Å². The first-order valence-electron chi connectivity index (χ1n) is 5.29. The Kier molecular flexibility index (Phi) is 2.81. The first-order valence-corrected chi connectivity index (χ1v) is 6.87. The summed E-state index contributed by atoms with van der Waals surface area (Å²) in [7, 11) is 0. The first kappa shape index (κ1) is 11.1. The standard InChI is InChI=1S/C14H9Br2N/c15-13-11-8-4-5-9-12(11)17(14(13)16)10-6-2-1-3-7-10/h1-9H. The second-order valence-corrected chi connectivity index (χ2v) is 5.34. The van der Waals surface area contributed by atoms with Crippen molar-refractivity contribution in [2.75, 3.05) is 0 Å². The highest BCUT2D eigenvalue weighted by Gasteiger charge is 2.13. The van der Waals surface area contributed by atoms with Crippen LogP contribution in [0.2, 0.25) is 0 Å². The summed E-state index contributed by atoms with van der Waals surface area (Å²) < 4.78 is 4.33. The van der Waals surface area contributed by atoms with Crippen LogP contribution in [-0.4, -0.2) is 4.57 Å². The van der Waals surface area contributed by atoms with Gasteiger partial charge in [0.1, 0.15) is 4.60 Å². The van der Waals surface area contributed by atoms with Crippen LogP contribution in [0.3, 0.4) is 0 Å². The molecule has 17 heavy (non-hydrogen) atoms. The predicted octanol–water partition coefficient (Wildman–Crippen LogP) is 5.16. The Bertz CT molecular complexity index is 671. The fourth-order valence-electron chi connectivity index (χ4n) is 2.00. The molecule has 0 atom stereocenters. The van der Waals surface area contributed by atoms with Crippen molar-refractivity contribution in [2.24, 2.45) is 0 Å². The van der Waals surface area contributed by atoms with Crippen LogP contribution in [0.4, 0.5) is 0 Å². The van der Waals surface area contributed by atoms with Crippen LogP contribution >= 0.6 is 31.9 Å². The molecule has 0 saturated heterocycles. The van der Waals surface area contributed by atoms with E-state index in [9.17, 15) is 0 Å². The number of nitrogens with zero attached hydrogens (tertiary/aromatic N) is 1. The van der Waals surface area contributed by atoms with Crippen LogP contribution < -0.4 is 0 Å². The Labute approximate surface area is 116 Å². The van der Waals surface area contributed by atoms with Gasteiger partial charge >= 0.3 is 0 Å². The fraction of sp³-hybridized carbons (Fsp3) is 0. The van der Waals surface area contributed by atoms with E-state index in [0.29, 0.717) is 0 Å². The highest BCUT2D eigenvalue weighted by Crippen LogP contribution is 2.36. The van der Waals surface area contributed by atoms with E-state index in [-0.39, 0.29) is 0 Å². The third-order valence-corrected chi connectivity index (χ3v) is 4.86.